The van der Waals surface area contributed by atoms with Gasteiger partial charge in [0.2, 0.25) is 0 Å². The molecule has 0 heterocycles. The van der Waals surface area contributed by atoms with Crippen LogP contribution in [0.4, 0.5) is 0 Å². The van der Waals surface area contributed by atoms with Gasteiger partial charge in [0.05, 0.1) is 0 Å². The van der Waals surface area contributed by atoms with Gasteiger partial charge in [0.15, 0.2) is 0 Å². The summed E-state index contributed by atoms with van der Waals surface area (Å²) >= 11 is 11.9. The molecule has 0 aliphatic heterocycles. The van der Waals surface area contributed by atoms with E-state index in [1.54, 1.807) is 0 Å². The van der Waals surface area contributed by atoms with Gasteiger partial charge in [-0.05, 0) is 43.4 Å². The molecule has 0 nitrogen and oxygen atoms in total. The van der Waals surface area contributed by atoms with Gasteiger partial charge < -0.3 is 0 Å². The van der Waals surface area contributed by atoms with Crippen LogP contribution in [0.25, 0.3) is 0 Å². The lowest BCUT2D eigenvalue weighted by Gasteiger charge is -2.04. The molecule has 1 aromatic rings. The summed E-state index contributed by atoms with van der Waals surface area (Å²) in [7, 11) is 0. The summed E-state index contributed by atoms with van der Waals surface area (Å²) in [5.74, 6) is 0. The summed E-state index contributed by atoms with van der Waals surface area (Å²) in [6.07, 6.45) is 5.39. The average molecular weight is 214 g/mol. The minimum Gasteiger partial charge on any atom is -0.119 e. The molecule has 1 fully saturated rings. The van der Waals surface area contributed by atoms with E-state index in [1.807, 2.05) is 24.3 Å². The van der Waals surface area contributed by atoms with E-state index in [1.165, 1.54) is 5.56 Å². The van der Waals surface area contributed by atoms with Crippen molar-refractivity contribution < 1.29 is 0 Å². The molecule has 2 rings (SSSR count). The lowest BCUT2D eigenvalue weighted by Crippen LogP contribution is -2.00. The molecule has 1 saturated carbocycles. The number of halogens is 2. The molecule has 1 aliphatic carbocycles. The fourth-order valence-electron chi connectivity index (χ4n) is 1.24. The maximum atomic E-state index is 6.14. The van der Waals surface area contributed by atoms with Crippen LogP contribution in [-0.2, 0) is 6.42 Å². The van der Waals surface area contributed by atoms with Crippen molar-refractivity contribution in [3.8, 4) is 0 Å². The lowest BCUT2D eigenvalue weighted by atomic mass is 10.1. The summed E-state index contributed by atoms with van der Waals surface area (Å²) in [5, 5.41) is 0.788. The minimum atomic E-state index is 0.0135. The summed E-state index contributed by atoms with van der Waals surface area (Å²) < 4.78 is 0. The molecule has 69 valence electrons. The fraction of sp³-hybridized carbons (Fsp3) is 0.364. The first-order valence-electron chi connectivity index (χ1n) is 4.46. The van der Waals surface area contributed by atoms with E-state index in [-0.39, 0.29) is 4.87 Å². The van der Waals surface area contributed by atoms with E-state index in [0.29, 0.717) is 0 Å². The van der Waals surface area contributed by atoms with Crippen molar-refractivity contribution in [1.29, 1.82) is 0 Å². The SMILES string of the molecule is Clc1ccc(C[CH]C2(Cl)CC2)cc1. The van der Waals surface area contributed by atoms with E-state index in [0.717, 1.165) is 24.3 Å². The molecule has 0 bridgehead atoms. The summed E-state index contributed by atoms with van der Waals surface area (Å²) in [6.45, 7) is 0. The van der Waals surface area contributed by atoms with Crippen molar-refractivity contribution in [2.24, 2.45) is 0 Å². The zero-order chi connectivity index (χ0) is 9.31. The molecule has 1 aromatic carbocycles. The van der Waals surface area contributed by atoms with Crippen LogP contribution in [0.3, 0.4) is 0 Å². The highest BCUT2D eigenvalue weighted by Crippen LogP contribution is 2.45. The van der Waals surface area contributed by atoms with Crippen molar-refractivity contribution in [1.82, 2.24) is 0 Å². The number of alkyl halides is 1. The van der Waals surface area contributed by atoms with Crippen LogP contribution >= 0.6 is 23.2 Å². The molecule has 0 saturated heterocycles. The predicted molar refractivity (Wildman–Crippen MR) is 57.3 cm³/mol. The second-order valence-corrected chi connectivity index (χ2v) is 4.76. The van der Waals surface area contributed by atoms with E-state index in [4.69, 9.17) is 23.2 Å². The molecule has 1 aliphatic rings. The van der Waals surface area contributed by atoms with Crippen LogP contribution in [0, 0.1) is 6.42 Å². The molecular formula is C11H11Cl2. The molecule has 0 unspecified atom stereocenters. The van der Waals surface area contributed by atoms with Crippen LogP contribution in [0.5, 0.6) is 0 Å². The lowest BCUT2D eigenvalue weighted by molar-refractivity contribution is 0.961. The number of benzene rings is 1. The quantitative estimate of drug-likeness (QED) is 0.670. The van der Waals surface area contributed by atoms with E-state index >= 15 is 0 Å². The zero-order valence-corrected chi connectivity index (χ0v) is 8.78. The largest absolute Gasteiger partial charge is 0.119 e. The molecule has 13 heavy (non-hydrogen) atoms. The Morgan fingerprint density at radius 1 is 1.23 bits per heavy atom. The highest BCUT2D eigenvalue weighted by Gasteiger charge is 2.39. The standard InChI is InChI=1S/C11H11Cl2/c12-10-3-1-9(2-4-10)5-6-11(13)7-8-11/h1-4,6H,5,7-8H2. The maximum Gasteiger partial charge on any atom is 0.0482 e. The van der Waals surface area contributed by atoms with Crippen LogP contribution in [0.2, 0.25) is 5.02 Å². The molecule has 1 radical (unpaired) electrons. The van der Waals surface area contributed by atoms with Crippen molar-refractivity contribution in [2.75, 3.05) is 0 Å². The van der Waals surface area contributed by atoms with Crippen molar-refractivity contribution in [2.45, 2.75) is 24.1 Å². The molecular weight excluding hydrogens is 203 g/mol. The van der Waals surface area contributed by atoms with Crippen LogP contribution in [0.15, 0.2) is 24.3 Å². The average Bonchev–Trinajstić information content (AvgIpc) is 2.84. The van der Waals surface area contributed by atoms with E-state index in [9.17, 15) is 0 Å². The smallest absolute Gasteiger partial charge is 0.0482 e. The number of hydrogen-bond acceptors (Lipinski definition) is 0. The third kappa shape index (κ3) is 2.62. The summed E-state index contributed by atoms with van der Waals surface area (Å²) in [6, 6.07) is 7.92. The Morgan fingerprint density at radius 2 is 1.85 bits per heavy atom. The van der Waals surface area contributed by atoms with Gasteiger partial charge in [-0.15, -0.1) is 11.6 Å². The molecule has 0 aromatic heterocycles. The highest BCUT2D eigenvalue weighted by molar-refractivity contribution is 6.30. The van der Waals surface area contributed by atoms with Gasteiger partial charge in [-0.25, -0.2) is 0 Å². The number of hydrogen-bond donors (Lipinski definition) is 0. The topological polar surface area (TPSA) is 0 Å². The Kier molecular flexibility index (Phi) is 2.53. The second-order valence-electron chi connectivity index (χ2n) is 3.57. The van der Waals surface area contributed by atoms with E-state index in [2.05, 4.69) is 6.42 Å². The van der Waals surface area contributed by atoms with Gasteiger partial charge in [0.25, 0.3) is 0 Å². The Hall–Kier alpha value is -0.200. The van der Waals surface area contributed by atoms with Gasteiger partial charge in [-0.1, -0.05) is 23.7 Å². The molecule has 0 atom stereocenters. The third-order valence-corrected chi connectivity index (χ3v) is 3.13. The highest BCUT2D eigenvalue weighted by atomic mass is 35.5. The van der Waals surface area contributed by atoms with Crippen LogP contribution < -0.4 is 0 Å². The Morgan fingerprint density at radius 3 is 2.38 bits per heavy atom. The van der Waals surface area contributed by atoms with Crippen LogP contribution in [-0.4, -0.2) is 4.87 Å². The van der Waals surface area contributed by atoms with Gasteiger partial charge in [-0.3, -0.25) is 0 Å². The minimum absolute atomic E-state index is 0.0135. The van der Waals surface area contributed by atoms with Gasteiger partial charge in [0.1, 0.15) is 0 Å². The van der Waals surface area contributed by atoms with Crippen LogP contribution in [0.1, 0.15) is 18.4 Å². The molecule has 0 amide bonds. The predicted octanol–water partition coefficient (Wildman–Crippen LogP) is 3.86. The van der Waals surface area contributed by atoms with Crippen molar-refractivity contribution in [3.05, 3.63) is 41.3 Å². The first-order chi connectivity index (χ1) is 6.18. The van der Waals surface area contributed by atoms with Gasteiger partial charge in [0, 0.05) is 9.90 Å². The fourth-order valence-corrected chi connectivity index (χ4v) is 1.54. The Bertz CT molecular complexity index is 285. The first kappa shape index (κ1) is 9.36. The Labute approximate surface area is 88.9 Å². The molecule has 0 spiro atoms. The monoisotopic (exact) mass is 213 g/mol. The Balaban J connectivity index is 1.91. The van der Waals surface area contributed by atoms with Gasteiger partial charge in [-0.2, -0.15) is 0 Å². The van der Waals surface area contributed by atoms with Crippen molar-refractivity contribution in [3.63, 3.8) is 0 Å². The second kappa shape index (κ2) is 3.51. The van der Waals surface area contributed by atoms with E-state index < -0.39 is 0 Å². The zero-order valence-electron chi connectivity index (χ0n) is 7.26. The van der Waals surface area contributed by atoms with Gasteiger partial charge >= 0.3 is 0 Å². The number of rotatable bonds is 3. The molecule has 0 N–H and O–H groups in total. The normalized spacial score (nSPS) is 18.6. The summed E-state index contributed by atoms with van der Waals surface area (Å²) in [5.41, 5.74) is 1.27. The summed E-state index contributed by atoms with van der Waals surface area (Å²) in [4.78, 5) is 0.0135. The maximum absolute atomic E-state index is 6.14. The van der Waals surface area contributed by atoms with Crippen molar-refractivity contribution >= 4 is 23.2 Å². The first-order valence-corrected chi connectivity index (χ1v) is 5.21. The third-order valence-electron chi connectivity index (χ3n) is 2.34. The molecule has 2 heteroatoms.